The number of hydrogen-bond donors (Lipinski definition) is 1. The van der Waals surface area contributed by atoms with Gasteiger partial charge in [-0.1, -0.05) is 135 Å². The predicted molar refractivity (Wildman–Crippen MR) is 154 cm³/mol. The Morgan fingerprint density at radius 1 is 0.515 bits per heavy atom. The van der Waals surface area contributed by atoms with Gasteiger partial charge in [-0.2, -0.15) is 0 Å². The largest absolute Gasteiger partial charge is 0.515 e. The fraction of sp³-hybridized carbons (Fsp3) is 1.00. The van der Waals surface area contributed by atoms with Crippen LogP contribution in [0.15, 0.2) is 0 Å². The lowest BCUT2D eigenvalue weighted by atomic mass is 10.1. The molecular weight excluding hydrogens is 465 g/mol. The minimum absolute atomic E-state index is 0.209. The monoisotopic (exact) mass is 522 g/mol. The minimum Gasteiger partial charge on any atom is -0.373 e. The molecule has 200 valence electrons. The van der Waals surface area contributed by atoms with Crippen molar-refractivity contribution in [3.05, 3.63) is 0 Å². The molecule has 1 unspecified atom stereocenters. The molecule has 0 amide bonds. The highest BCUT2D eigenvalue weighted by Gasteiger charge is 2.49. The lowest BCUT2D eigenvalue weighted by Crippen LogP contribution is -2.55. The van der Waals surface area contributed by atoms with Crippen LogP contribution in [0.1, 0.15) is 150 Å². The molecule has 0 heterocycles. The van der Waals surface area contributed by atoms with Crippen LogP contribution in [0.25, 0.3) is 0 Å². The SMILES string of the molecule is CCCCCCCCO[Si](OCCCCCCCC)(OCCCCCCCC)C(CC)SS. The van der Waals surface area contributed by atoms with E-state index in [2.05, 4.69) is 39.4 Å². The molecule has 0 aliphatic rings. The van der Waals surface area contributed by atoms with Crippen molar-refractivity contribution in [1.29, 1.82) is 0 Å². The third-order valence-corrected chi connectivity index (χ3v) is 12.5. The standard InChI is InChI=1S/C27H58O3S2Si/c1-5-9-12-15-18-21-24-28-33(27(8-4)32-31,29-25-22-19-16-13-10-6-2)30-26-23-20-17-14-11-7-3/h27,31H,5-26H2,1-4H3. The van der Waals surface area contributed by atoms with E-state index in [1.165, 1.54) is 96.3 Å². The number of thiol groups is 1. The molecule has 0 aliphatic carbocycles. The summed E-state index contributed by atoms with van der Waals surface area (Å²) < 4.78 is 19.8. The van der Waals surface area contributed by atoms with Crippen LogP contribution in [0, 0.1) is 0 Å². The average molecular weight is 523 g/mol. The molecular formula is C27H58O3S2Si. The van der Waals surface area contributed by atoms with Crippen molar-refractivity contribution in [3.63, 3.8) is 0 Å². The lowest BCUT2D eigenvalue weighted by Gasteiger charge is -2.34. The van der Waals surface area contributed by atoms with E-state index in [-0.39, 0.29) is 4.87 Å². The molecule has 0 rings (SSSR count). The van der Waals surface area contributed by atoms with Crippen molar-refractivity contribution < 1.29 is 13.3 Å². The molecule has 0 bridgehead atoms. The smallest absolute Gasteiger partial charge is 0.373 e. The Bertz CT molecular complexity index is 339. The molecule has 6 heteroatoms. The number of hydrogen-bond acceptors (Lipinski definition) is 5. The topological polar surface area (TPSA) is 27.7 Å². The molecule has 0 aromatic heterocycles. The molecule has 0 saturated carbocycles. The van der Waals surface area contributed by atoms with Gasteiger partial charge in [0.1, 0.15) is 0 Å². The van der Waals surface area contributed by atoms with Crippen LogP contribution in [0.4, 0.5) is 0 Å². The first-order valence-corrected chi connectivity index (χ1v) is 18.2. The molecule has 0 N–H and O–H groups in total. The second-order valence-electron chi connectivity index (χ2n) is 9.45. The normalized spacial score (nSPS) is 13.0. The van der Waals surface area contributed by atoms with Gasteiger partial charge in [0.25, 0.3) is 0 Å². The second kappa shape index (κ2) is 25.9. The van der Waals surface area contributed by atoms with E-state index in [4.69, 9.17) is 13.3 Å². The van der Waals surface area contributed by atoms with Crippen LogP contribution < -0.4 is 0 Å². The van der Waals surface area contributed by atoms with Gasteiger partial charge in [0, 0.05) is 19.8 Å². The summed E-state index contributed by atoms with van der Waals surface area (Å²) in [7, 11) is -1.18. The Kier molecular flexibility index (Phi) is 26.5. The number of rotatable bonds is 27. The molecule has 1 atom stereocenters. The van der Waals surface area contributed by atoms with Crippen LogP contribution in [0.5, 0.6) is 0 Å². The van der Waals surface area contributed by atoms with Crippen molar-refractivity contribution in [1.82, 2.24) is 0 Å². The van der Waals surface area contributed by atoms with E-state index in [1.807, 2.05) is 0 Å². The average Bonchev–Trinajstić information content (AvgIpc) is 2.83. The van der Waals surface area contributed by atoms with E-state index in [9.17, 15) is 0 Å². The van der Waals surface area contributed by atoms with Crippen LogP contribution >= 0.6 is 22.5 Å². The van der Waals surface area contributed by atoms with E-state index in [0.717, 1.165) is 45.5 Å². The van der Waals surface area contributed by atoms with Gasteiger partial charge in [-0.05, 0) is 25.7 Å². The van der Waals surface area contributed by atoms with Crippen LogP contribution in [0.2, 0.25) is 0 Å². The summed E-state index contributed by atoms with van der Waals surface area (Å²) >= 11 is 4.61. The van der Waals surface area contributed by atoms with E-state index in [0.29, 0.717) is 0 Å². The maximum atomic E-state index is 6.60. The maximum Gasteiger partial charge on any atom is 0.515 e. The molecule has 3 nitrogen and oxygen atoms in total. The fourth-order valence-electron chi connectivity index (χ4n) is 4.08. The van der Waals surface area contributed by atoms with Crippen molar-refractivity contribution >= 4 is 31.3 Å². The van der Waals surface area contributed by atoms with Gasteiger partial charge < -0.3 is 13.3 Å². The zero-order valence-electron chi connectivity index (χ0n) is 22.7. The van der Waals surface area contributed by atoms with Gasteiger partial charge in [0.2, 0.25) is 0 Å². The number of unbranched alkanes of at least 4 members (excludes halogenated alkanes) is 15. The van der Waals surface area contributed by atoms with Crippen molar-refractivity contribution in [2.24, 2.45) is 0 Å². The summed E-state index contributed by atoms with van der Waals surface area (Å²) in [6, 6.07) is 0. The molecule has 0 aromatic carbocycles. The molecule has 33 heavy (non-hydrogen) atoms. The summed E-state index contributed by atoms with van der Waals surface area (Å²) in [6.45, 7) is 11.3. The Morgan fingerprint density at radius 2 is 0.818 bits per heavy atom. The van der Waals surface area contributed by atoms with Gasteiger partial charge in [-0.3, -0.25) is 0 Å². The molecule has 0 fully saturated rings. The molecule has 0 aromatic rings. The second-order valence-corrected chi connectivity index (χ2v) is 14.1. The zero-order valence-corrected chi connectivity index (χ0v) is 25.4. The first kappa shape index (κ1) is 33.8. The first-order chi connectivity index (χ1) is 16.2. The first-order valence-electron chi connectivity index (χ1n) is 14.4. The highest BCUT2D eigenvalue weighted by atomic mass is 33.1. The van der Waals surface area contributed by atoms with Crippen molar-refractivity contribution in [2.45, 2.75) is 155 Å². The van der Waals surface area contributed by atoms with E-state index < -0.39 is 8.80 Å². The highest BCUT2D eigenvalue weighted by molar-refractivity contribution is 8.69. The van der Waals surface area contributed by atoms with Gasteiger partial charge in [-0.15, -0.1) is 11.7 Å². The molecule has 0 radical (unpaired) electrons. The highest BCUT2D eigenvalue weighted by Crippen LogP contribution is 2.31. The fourth-order valence-corrected chi connectivity index (χ4v) is 9.56. The summed E-state index contributed by atoms with van der Waals surface area (Å²) in [6.07, 6.45) is 23.9. The predicted octanol–water partition coefficient (Wildman–Crippen LogP) is 9.95. The van der Waals surface area contributed by atoms with Crippen molar-refractivity contribution in [3.8, 4) is 0 Å². The Hall–Kier alpha value is 0.797. The summed E-state index contributed by atoms with van der Waals surface area (Å²) in [5.41, 5.74) is 0. The van der Waals surface area contributed by atoms with Crippen LogP contribution in [-0.2, 0) is 13.3 Å². The Labute approximate surface area is 218 Å². The van der Waals surface area contributed by atoms with Crippen LogP contribution in [0.3, 0.4) is 0 Å². The minimum atomic E-state index is -2.76. The molecule has 0 spiro atoms. The molecule has 0 saturated heterocycles. The zero-order chi connectivity index (χ0) is 24.5. The van der Waals surface area contributed by atoms with Gasteiger partial charge in [0.05, 0.1) is 4.87 Å². The van der Waals surface area contributed by atoms with Gasteiger partial charge >= 0.3 is 8.80 Å². The molecule has 0 aliphatic heterocycles. The third kappa shape index (κ3) is 18.7. The quantitative estimate of drug-likeness (QED) is 0.0502. The van der Waals surface area contributed by atoms with E-state index >= 15 is 0 Å². The Balaban J connectivity index is 4.76. The lowest BCUT2D eigenvalue weighted by molar-refractivity contribution is 0.0533. The van der Waals surface area contributed by atoms with Gasteiger partial charge in [0.15, 0.2) is 0 Å². The summed E-state index contributed by atoms with van der Waals surface area (Å²) in [5.74, 6) is 0. The van der Waals surface area contributed by atoms with Crippen molar-refractivity contribution in [2.75, 3.05) is 19.8 Å². The maximum absolute atomic E-state index is 6.60. The van der Waals surface area contributed by atoms with E-state index in [1.54, 1.807) is 10.8 Å². The van der Waals surface area contributed by atoms with Crippen LogP contribution in [-0.4, -0.2) is 33.5 Å². The summed E-state index contributed by atoms with van der Waals surface area (Å²) in [5, 5.41) is 0. The van der Waals surface area contributed by atoms with Gasteiger partial charge in [-0.25, -0.2) is 0 Å². The third-order valence-electron chi connectivity index (χ3n) is 6.30. The Morgan fingerprint density at radius 3 is 1.09 bits per heavy atom. The summed E-state index contributed by atoms with van der Waals surface area (Å²) in [4.78, 5) is 0.209.